The van der Waals surface area contributed by atoms with Gasteiger partial charge in [0.1, 0.15) is 0 Å². The van der Waals surface area contributed by atoms with Crippen LogP contribution < -0.4 is 5.73 Å². The van der Waals surface area contributed by atoms with Crippen LogP contribution in [0.15, 0.2) is 22.4 Å². The van der Waals surface area contributed by atoms with Crippen molar-refractivity contribution in [2.75, 3.05) is 0 Å². The van der Waals surface area contributed by atoms with Gasteiger partial charge in [0.05, 0.1) is 0 Å². The van der Waals surface area contributed by atoms with Gasteiger partial charge in [0.15, 0.2) is 5.17 Å². The van der Waals surface area contributed by atoms with Gasteiger partial charge >= 0.3 is 0 Å². The fraction of sp³-hybridized carbons (Fsp3) is 0.125. The van der Waals surface area contributed by atoms with Gasteiger partial charge in [-0.15, -0.1) is 17.0 Å². The van der Waals surface area contributed by atoms with Crippen LogP contribution in [-0.2, 0) is 5.75 Å². The van der Waals surface area contributed by atoms with Crippen molar-refractivity contribution in [3.05, 3.63) is 27.9 Å². The smallest absolute Gasteiger partial charge is 0.151 e. The van der Waals surface area contributed by atoms with E-state index in [0.29, 0.717) is 5.75 Å². The molecule has 0 fully saturated rings. The van der Waals surface area contributed by atoms with Crippen LogP contribution >= 0.6 is 108 Å². The van der Waals surface area contributed by atoms with Crippen LogP contribution in [0.5, 0.6) is 0 Å². The van der Waals surface area contributed by atoms with Gasteiger partial charge < -0.3 is 5.73 Å². The van der Waals surface area contributed by atoms with E-state index >= 15 is 0 Å². The number of hydrogen-bond acceptors (Lipinski definition) is 2. The lowest BCUT2D eigenvalue weighted by molar-refractivity contribution is 1.30. The number of hydrogen-bond donors (Lipinski definition) is 2. The Kier molecular flexibility index (Phi) is 9.19. The third-order valence-corrected chi connectivity index (χ3v) is 8.67. The number of halogens is 6. The second kappa shape index (κ2) is 8.26. The van der Waals surface area contributed by atoms with Gasteiger partial charge in [-0.05, 0) is 85.2 Å². The molecule has 0 atom stereocenters. The van der Waals surface area contributed by atoms with E-state index in [9.17, 15) is 0 Å². The molecule has 0 aliphatic heterocycles. The number of nitrogens with two attached hydrogens (primary N) is 1. The monoisotopic (exact) mass is 636 g/mol. The highest BCUT2D eigenvalue weighted by Crippen LogP contribution is 2.45. The maximum absolute atomic E-state index is 7.21. The third kappa shape index (κ3) is 4.75. The summed E-state index contributed by atoms with van der Waals surface area (Å²) in [7, 11) is 0. The summed E-state index contributed by atoms with van der Waals surface area (Å²) in [5.41, 5.74) is 6.37. The predicted octanol–water partition coefficient (Wildman–Crippen LogP) is 6.20. The lowest BCUT2D eigenvalue weighted by atomic mass is 10.2. The van der Waals surface area contributed by atoms with Crippen molar-refractivity contribution in [3.8, 4) is 0 Å². The van der Waals surface area contributed by atoms with Gasteiger partial charge in [0, 0.05) is 28.1 Å². The highest BCUT2D eigenvalue weighted by atomic mass is 79.9. The van der Waals surface area contributed by atoms with Crippen LogP contribution in [0.25, 0.3) is 0 Å². The summed E-state index contributed by atoms with van der Waals surface area (Å²) >= 11 is 18.7. The zero-order chi connectivity index (χ0) is 12.5. The van der Waals surface area contributed by atoms with Crippen molar-refractivity contribution in [1.29, 1.82) is 5.41 Å². The van der Waals surface area contributed by atoms with Gasteiger partial charge in [-0.3, -0.25) is 5.41 Å². The molecule has 0 aromatic heterocycles. The Hall–Kier alpha value is 1.92. The number of nitrogens with one attached hydrogen (secondary N) is 1. The average molecular weight is 642 g/mol. The van der Waals surface area contributed by atoms with E-state index in [1.54, 1.807) is 0 Å². The summed E-state index contributed by atoms with van der Waals surface area (Å²) < 4.78 is 4.69. The number of rotatable bonds is 2. The van der Waals surface area contributed by atoms with Crippen LogP contribution in [0.2, 0.25) is 0 Å². The normalized spacial score (nSPS) is 9.94. The summed E-state index contributed by atoms with van der Waals surface area (Å²) in [6.07, 6.45) is 0. The van der Waals surface area contributed by atoms with Crippen molar-refractivity contribution < 1.29 is 0 Å². The molecule has 9 heteroatoms. The first-order chi connectivity index (χ1) is 7.36. The van der Waals surface area contributed by atoms with Crippen LogP contribution in [0.3, 0.4) is 0 Å². The maximum Gasteiger partial charge on any atom is 0.151 e. The zero-order valence-corrected chi connectivity index (χ0v) is 18.5. The van der Waals surface area contributed by atoms with E-state index in [1.807, 2.05) is 0 Å². The Morgan fingerprint density at radius 2 is 1.29 bits per heavy atom. The Labute approximate surface area is 156 Å². The summed E-state index contributed by atoms with van der Waals surface area (Å²) in [4.78, 5) is 0. The molecule has 0 unspecified atom stereocenters. The molecule has 2 nitrogen and oxygen atoms in total. The van der Waals surface area contributed by atoms with Crippen LogP contribution in [-0.4, -0.2) is 5.17 Å². The Balaban J connectivity index is 0.00000256. The first-order valence-corrected chi connectivity index (χ1v) is 8.78. The second-order valence-electron chi connectivity index (χ2n) is 2.70. The molecule has 17 heavy (non-hydrogen) atoms. The SMILES string of the molecule is Br.N=C(N)SCc1c(Br)c(Br)c(Br)c(Br)c1Br. The van der Waals surface area contributed by atoms with Crippen LogP contribution in [0.1, 0.15) is 5.56 Å². The lowest BCUT2D eigenvalue weighted by Crippen LogP contribution is -2.04. The zero-order valence-electron chi connectivity index (χ0n) is 7.99. The van der Waals surface area contributed by atoms with E-state index in [-0.39, 0.29) is 22.1 Å². The molecule has 1 rings (SSSR count). The lowest BCUT2D eigenvalue weighted by Gasteiger charge is -2.12. The minimum absolute atomic E-state index is 0. The number of benzene rings is 1. The molecule has 96 valence electrons. The molecule has 3 N–H and O–H groups in total. The quantitative estimate of drug-likeness (QED) is 0.175. The van der Waals surface area contributed by atoms with E-state index in [0.717, 1.165) is 27.9 Å². The summed E-state index contributed by atoms with van der Waals surface area (Å²) in [6, 6.07) is 0. The summed E-state index contributed by atoms with van der Waals surface area (Å²) in [6.45, 7) is 0. The average Bonchev–Trinajstić information content (AvgIpc) is 2.23. The topological polar surface area (TPSA) is 49.9 Å². The maximum atomic E-state index is 7.21. The molecule has 0 saturated carbocycles. The van der Waals surface area contributed by atoms with Gasteiger partial charge in [-0.1, -0.05) is 11.8 Å². The van der Waals surface area contributed by atoms with Crippen molar-refractivity contribution in [2.24, 2.45) is 5.73 Å². The van der Waals surface area contributed by atoms with Crippen molar-refractivity contribution in [3.63, 3.8) is 0 Å². The van der Waals surface area contributed by atoms with E-state index in [1.165, 1.54) is 11.8 Å². The first kappa shape index (κ1) is 18.9. The Morgan fingerprint density at radius 3 is 1.65 bits per heavy atom. The first-order valence-electron chi connectivity index (χ1n) is 3.83. The molecule has 1 aromatic rings. The van der Waals surface area contributed by atoms with Gasteiger partial charge in [-0.25, -0.2) is 0 Å². The standard InChI is InChI=1S/C8H5Br5N2S.BrH/c9-3-2(1-16-8(14)15)4(10)6(12)7(13)5(3)11;/h1H2,(H3,14,15);1H. The largest absolute Gasteiger partial charge is 0.379 e. The van der Waals surface area contributed by atoms with Crippen LogP contribution in [0, 0.1) is 5.41 Å². The molecule has 0 heterocycles. The minimum atomic E-state index is 0. The second-order valence-corrected chi connectivity index (χ2v) is 7.68. The molecule has 0 aliphatic rings. The molecule has 0 bridgehead atoms. The molecular formula is C8H6Br6N2S. The van der Waals surface area contributed by atoms with Gasteiger partial charge in [0.25, 0.3) is 0 Å². The van der Waals surface area contributed by atoms with Crippen molar-refractivity contribution >= 4 is 114 Å². The van der Waals surface area contributed by atoms with E-state index in [4.69, 9.17) is 11.1 Å². The fourth-order valence-corrected chi connectivity index (χ4v) is 5.30. The number of thioether (sulfide) groups is 1. The Bertz CT molecular complexity index is 421. The highest BCUT2D eigenvalue weighted by molar-refractivity contribution is 9.15. The van der Waals surface area contributed by atoms with Crippen molar-refractivity contribution in [2.45, 2.75) is 5.75 Å². The summed E-state index contributed by atoms with van der Waals surface area (Å²) in [5, 5.41) is 7.32. The molecular weight excluding hydrogens is 636 g/mol. The Morgan fingerprint density at radius 1 is 0.941 bits per heavy atom. The summed E-state index contributed by atoms with van der Waals surface area (Å²) in [5.74, 6) is 0.626. The molecule has 0 aliphatic carbocycles. The predicted molar refractivity (Wildman–Crippen MR) is 98.5 cm³/mol. The van der Waals surface area contributed by atoms with Crippen LogP contribution in [0.4, 0.5) is 0 Å². The fourth-order valence-electron chi connectivity index (χ4n) is 0.927. The highest BCUT2D eigenvalue weighted by Gasteiger charge is 2.17. The van der Waals surface area contributed by atoms with E-state index in [2.05, 4.69) is 79.6 Å². The van der Waals surface area contributed by atoms with Gasteiger partial charge in [-0.2, -0.15) is 0 Å². The van der Waals surface area contributed by atoms with E-state index < -0.39 is 0 Å². The third-order valence-electron chi connectivity index (χ3n) is 1.67. The van der Waals surface area contributed by atoms with Gasteiger partial charge in [0.2, 0.25) is 0 Å². The number of amidine groups is 1. The minimum Gasteiger partial charge on any atom is -0.379 e. The molecule has 0 amide bonds. The van der Waals surface area contributed by atoms with Crippen molar-refractivity contribution in [1.82, 2.24) is 0 Å². The molecule has 0 radical (unpaired) electrons. The molecule has 1 aromatic carbocycles. The molecule has 0 spiro atoms. The molecule has 0 saturated heterocycles.